The van der Waals surface area contributed by atoms with Crippen LogP contribution < -0.4 is 10.2 Å². The summed E-state index contributed by atoms with van der Waals surface area (Å²) in [6.07, 6.45) is 3.96. The second kappa shape index (κ2) is 5.47. The molecule has 3 rings (SSSR count). The average Bonchev–Trinajstić information content (AvgIpc) is 2.76. The van der Waals surface area contributed by atoms with Gasteiger partial charge in [-0.25, -0.2) is 0 Å². The van der Waals surface area contributed by atoms with Gasteiger partial charge in [-0.15, -0.1) is 12.4 Å². The van der Waals surface area contributed by atoms with Gasteiger partial charge in [0.05, 0.1) is 10.7 Å². The van der Waals surface area contributed by atoms with Crippen LogP contribution in [0.25, 0.3) is 0 Å². The monoisotopic (exact) mass is 272 g/mol. The lowest BCUT2D eigenvalue weighted by Gasteiger charge is -2.30. The average molecular weight is 273 g/mol. The molecular weight excluding hydrogens is 255 g/mol. The van der Waals surface area contributed by atoms with Crippen molar-refractivity contribution in [3.8, 4) is 0 Å². The predicted octanol–water partition coefficient (Wildman–Crippen LogP) is 3.36. The molecule has 0 amide bonds. The Morgan fingerprint density at radius 3 is 2.35 bits per heavy atom. The summed E-state index contributed by atoms with van der Waals surface area (Å²) in [6, 6.07) is 4.42. The molecule has 1 N–H and O–H groups in total. The number of rotatable bonds is 1. The van der Waals surface area contributed by atoms with Crippen molar-refractivity contribution >= 4 is 29.7 Å². The van der Waals surface area contributed by atoms with E-state index in [4.69, 9.17) is 11.6 Å². The summed E-state index contributed by atoms with van der Waals surface area (Å²) < 4.78 is 0. The first-order chi connectivity index (χ1) is 7.84. The van der Waals surface area contributed by atoms with Gasteiger partial charge >= 0.3 is 0 Å². The number of nitrogens with zero attached hydrogens (tertiary/aromatic N) is 1. The number of hydrogen-bond donors (Lipinski definition) is 1. The molecule has 0 spiro atoms. The lowest BCUT2D eigenvalue weighted by Crippen LogP contribution is -2.29. The zero-order valence-electron chi connectivity index (χ0n) is 9.84. The topological polar surface area (TPSA) is 15.3 Å². The summed E-state index contributed by atoms with van der Waals surface area (Å²) in [5.74, 6) is 0. The molecule has 2 aliphatic heterocycles. The van der Waals surface area contributed by atoms with E-state index in [0.717, 1.165) is 31.2 Å². The van der Waals surface area contributed by atoms with Crippen LogP contribution in [0.15, 0.2) is 12.1 Å². The van der Waals surface area contributed by atoms with Gasteiger partial charge in [-0.1, -0.05) is 11.6 Å². The van der Waals surface area contributed by atoms with Crippen LogP contribution in [0.5, 0.6) is 0 Å². The highest BCUT2D eigenvalue weighted by atomic mass is 35.5. The van der Waals surface area contributed by atoms with E-state index >= 15 is 0 Å². The largest absolute Gasteiger partial charge is 0.370 e. The molecule has 0 atom stereocenters. The molecule has 17 heavy (non-hydrogen) atoms. The molecule has 0 aliphatic carbocycles. The molecule has 1 aromatic carbocycles. The molecule has 0 bridgehead atoms. The van der Waals surface area contributed by atoms with Crippen LogP contribution in [-0.4, -0.2) is 13.1 Å². The molecular formula is C13H18Cl2N2. The van der Waals surface area contributed by atoms with Crippen LogP contribution in [-0.2, 0) is 13.1 Å². The highest BCUT2D eigenvalue weighted by molar-refractivity contribution is 6.33. The zero-order chi connectivity index (χ0) is 11.0. The fourth-order valence-electron chi connectivity index (χ4n) is 2.68. The minimum absolute atomic E-state index is 0. The lowest BCUT2D eigenvalue weighted by molar-refractivity contribution is 0.578. The Labute approximate surface area is 114 Å². The van der Waals surface area contributed by atoms with Gasteiger partial charge in [-0.05, 0) is 42.5 Å². The normalized spacial score (nSPS) is 18.8. The third-order valence-electron chi connectivity index (χ3n) is 3.60. The molecule has 1 fully saturated rings. The van der Waals surface area contributed by atoms with Gasteiger partial charge in [0, 0.05) is 26.2 Å². The van der Waals surface area contributed by atoms with E-state index in [9.17, 15) is 0 Å². The molecule has 0 unspecified atom stereocenters. The summed E-state index contributed by atoms with van der Waals surface area (Å²) in [6.45, 7) is 4.28. The van der Waals surface area contributed by atoms with Crippen LogP contribution >= 0.6 is 24.0 Å². The van der Waals surface area contributed by atoms with Crippen LogP contribution in [0.1, 0.15) is 30.4 Å². The van der Waals surface area contributed by atoms with E-state index in [0.29, 0.717) is 0 Å². The van der Waals surface area contributed by atoms with Crippen molar-refractivity contribution in [2.45, 2.75) is 32.4 Å². The van der Waals surface area contributed by atoms with Gasteiger partial charge in [0.15, 0.2) is 0 Å². The summed E-state index contributed by atoms with van der Waals surface area (Å²) in [4.78, 5) is 2.43. The van der Waals surface area contributed by atoms with Gasteiger partial charge in [0.2, 0.25) is 0 Å². The summed E-state index contributed by atoms with van der Waals surface area (Å²) in [5.41, 5.74) is 4.03. The highest BCUT2D eigenvalue weighted by Gasteiger charge is 2.18. The molecule has 2 nitrogen and oxygen atoms in total. The van der Waals surface area contributed by atoms with Crippen molar-refractivity contribution in [3.05, 3.63) is 28.3 Å². The van der Waals surface area contributed by atoms with Crippen LogP contribution in [0.4, 0.5) is 5.69 Å². The van der Waals surface area contributed by atoms with Crippen molar-refractivity contribution in [1.82, 2.24) is 5.32 Å². The van der Waals surface area contributed by atoms with Crippen molar-refractivity contribution in [2.24, 2.45) is 0 Å². The van der Waals surface area contributed by atoms with Crippen LogP contribution in [0.2, 0.25) is 5.02 Å². The summed E-state index contributed by atoms with van der Waals surface area (Å²) >= 11 is 6.37. The molecule has 2 heterocycles. The zero-order valence-corrected chi connectivity index (χ0v) is 11.4. The Morgan fingerprint density at radius 1 is 1.00 bits per heavy atom. The molecule has 0 saturated carbocycles. The molecule has 94 valence electrons. The number of fused-ring (bicyclic) bond motifs is 1. The molecule has 1 saturated heterocycles. The van der Waals surface area contributed by atoms with Gasteiger partial charge in [-0.3, -0.25) is 0 Å². The first-order valence-electron chi connectivity index (χ1n) is 6.11. The molecule has 4 heteroatoms. The first kappa shape index (κ1) is 13.0. The van der Waals surface area contributed by atoms with Gasteiger partial charge < -0.3 is 10.2 Å². The van der Waals surface area contributed by atoms with Crippen LogP contribution in [0, 0.1) is 0 Å². The minimum Gasteiger partial charge on any atom is -0.370 e. The molecule has 1 aromatic rings. The Balaban J connectivity index is 0.00000108. The maximum absolute atomic E-state index is 6.37. The quantitative estimate of drug-likeness (QED) is 0.844. The molecule has 2 aliphatic rings. The number of anilines is 1. The molecule has 0 radical (unpaired) electrons. The number of halogens is 2. The van der Waals surface area contributed by atoms with Crippen molar-refractivity contribution in [2.75, 3.05) is 18.0 Å². The number of piperidine rings is 1. The van der Waals surface area contributed by atoms with Crippen molar-refractivity contribution < 1.29 is 0 Å². The second-order valence-corrected chi connectivity index (χ2v) is 5.13. The number of benzene rings is 1. The smallest absolute Gasteiger partial charge is 0.0643 e. The fraction of sp³-hybridized carbons (Fsp3) is 0.538. The minimum atomic E-state index is 0. The SMILES string of the molecule is Cl.Clc1cc2c(cc1N1CCCCC1)CNC2. The van der Waals surface area contributed by atoms with Crippen molar-refractivity contribution in [3.63, 3.8) is 0 Å². The fourth-order valence-corrected chi connectivity index (χ4v) is 2.99. The summed E-state index contributed by atoms with van der Waals surface area (Å²) in [7, 11) is 0. The number of nitrogens with one attached hydrogen (secondary N) is 1. The Bertz CT molecular complexity index is 401. The maximum atomic E-state index is 6.37. The van der Waals surface area contributed by atoms with Crippen molar-refractivity contribution in [1.29, 1.82) is 0 Å². The van der Waals surface area contributed by atoms with E-state index in [1.54, 1.807) is 0 Å². The summed E-state index contributed by atoms with van der Waals surface area (Å²) in [5, 5.41) is 4.29. The lowest BCUT2D eigenvalue weighted by atomic mass is 10.1. The Morgan fingerprint density at radius 2 is 1.65 bits per heavy atom. The molecule has 0 aromatic heterocycles. The van der Waals surface area contributed by atoms with E-state index in [-0.39, 0.29) is 12.4 Å². The van der Waals surface area contributed by atoms with E-state index in [2.05, 4.69) is 22.3 Å². The standard InChI is InChI=1S/C13H17ClN2.ClH/c14-12-6-10-8-15-9-11(10)7-13(12)16-4-2-1-3-5-16;/h6-7,15H,1-5,8-9H2;1H. The predicted molar refractivity (Wildman–Crippen MR) is 75.3 cm³/mol. The van der Waals surface area contributed by atoms with Gasteiger partial charge in [-0.2, -0.15) is 0 Å². The van der Waals surface area contributed by atoms with E-state index in [1.807, 2.05) is 0 Å². The van der Waals surface area contributed by atoms with Crippen LogP contribution in [0.3, 0.4) is 0 Å². The highest BCUT2D eigenvalue weighted by Crippen LogP contribution is 2.32. The number of hydrogen-bond acceptors (Lipinski definition) is 2. The van der Waals surface area contributed by atoms with E-state index in [1.165, 1.54) is 36.1 Å². The van der Waals surface area contributed by atoms with E-state index < -0.39 is 0 Å². The first-order valence-corrected chi connectivity index (χ1v) is 6.49. The maximum Gasteiger partial charge on any atom is 0.0643 e. The Hall–Kier alpha value is -0.440. The van der Waals surface area contributed by atoms with Gasteiger partial charge in [0.1, 0.15) is 0 Å². The third-order valence-corrected chi connectivity index (χ3v) is 3.90. The third kappa shape index (κ3) is 2.54. The second-order valence-electron chi connectivity index (χ2n) is 4.72. The Kier molecular flexibility index (Phi) is 4.18. The van der Waals surface area contributed by atoms with Gasteiger partial charge in [0.25, 0.3) is 0 Å².